The van der Waals surface area contributed by atoms with Crippen molar-refractivity contribution in [3.05, 3.63) is 0 Å². The zero-order chi connectivity index (χ0) is 10.3. The van der Waals surface area contributed by atoms with Crippen LogP contribution >= 0.6 is 0 Å². The third kappa shape index (κ3) is 1.71. The molecule has 3 rings (SSSR count). The lowest BCUT2D eigenvalue weighted by Crippen LogP contribution is -2.60. The molecule has 0 radical (unpaired) electrons. The largest absolute Gasteiger partial charge is 0.329 e. The van der Waals surface area contributed by atoms with Gasteiger partial charge in [-0.25, -0.2) is 0 Å². The molecule has 3 fully saturated rings. The van der Waals surface area contributed by atoms with E-state index in [1.54, 1.807) is 0 Å². The first-order valence-electron chi connectivity index (χ1n) is 6.56. The first-order valence-corrected chi connectivity index (χ1v) is 6.56. The highest BCUT2D eigenvalue weighted by Crippen LogP contribution is 2.37. The third-order valence-corrected chi connectivity index (χ3v) is 4.53. The Morgan fingerprint density at radius 2 is 2.07 bits per heavy atom. The lowest BCUT2D eigenvalue weighted by Gasteiger charge is -2.41. The van der Waals surface area contributed by atoms with Gasteiger partial charge in [0.1, 0.15) is 0 Å². The molecule has 1 saturated carbocycles. The molecule has 0 amide bonds. The fraction of sp³-hybridized carbons (Fsp3) is 1.00. The van der Waals surface area contributed by atoms with E-state index in [1.807, 2.05) is 0 Å². The van der Waals surface area contributed by atoms with Gasteiger partial charge < -0.3 is 11.1 Å². The van der Waals surface area contributed by atoms with Crippen molar-refractivity contribution in [3.63, 3.8) is 0 Å². The minimum absolute atomic E-state index is 0.265. The SMILES string of the molecule is NCC1(NC2CC2)CCN2CCCCC21. The number of nitrogens with zero attached hydrogens (tertiary/aromatic N) is 1. The maximum Gasteiger partial charge on any atom is 0.0475 e. The van der Waals surface area contributed by atoms with Gasteiger partial charge in [-0.05, 0) is 38.6 Å². The van der Waals surface area contributed by atoms with Crippen molar-refractivity contribution in [3.8, 4) is 0 Å². The molecule has 1 aliphatic carbocycles. The number of piperidine rings is 1. The molecule has 3 nitrogen and oxygen atoms in total. The second-order valence-corrected chi connectivity index (χ2v) is 5.58. The molecule has 3 heteroatoms. The minimum Gasteiger partial charge on any atom is -0.329 e. The number of nitrogens with two attached hydrogens (primary N) is 1. The molecule has 2 aliphatic heterocycles. The molecule has 0 bridgehead atoms. The Morgan fingerprint density at radius 1 is 1.20 bits per heavy atom. The molecule has 15 heavy (non-hydrogen) atoms. The van der Waals surface area contributed by atoms with E-state index in [1.165, 1.54) is 51.6 Å². The molecule has 2 saturated heterocycles. The van der Waals surface area contributed by atoms with E-state index in [0.717, 1.165) is 18.6 Å². The maximum atomic E-state index is 6.06. The summed E-state index contributed by atoms with van der Waals surface area (Å²) < 4.78 is 0. The molecule has 86 valence electrons. The normalized spacial score (nSPS) is 41.8. The van der Waals surface area contributed by atoms with Gasteiger partial charge in [0.15, 0.2) is 0 Å². The summed E-state index contributed by atoms with van der Waals surface area (Å²) in [6, 6.07) is 1.52. The monoisotopic (exact) mass is 209 g/mol. The van der Waals surface area contributed by atoms with Crippen molar-refractivity contribution in [2.45, 2.75) is 56.1 Å². The summed E-state index contributed by atoms with van der Waals surface area (Å²) in [7, 11) is 0. The van der Waals surface area contributed by atoms with Gasteiger partial charge in [-0.1, -0.05) is 6.42 Å². The molecule has 0 spiro atoms. The molecular formula is C12H23N3. The van der Waals surface area contributed by atoms with E-state index in [-0.39, 0.29) is 5.54 Å². The van der Waals surface area contributed by atoms with E-state index in [2.05, 4.69) is 10.2 Å². The van der Waals surface area contributed by atoms with Crippen molar-refractivity contribution in [2.75, 3.05) is 19.6 Å². The van der Waals surface area contributed by atoms with Gasteiger partial charge in [0, 0.05) is 30.7 Å². The topological polar surface area (TPSA) is 41.3 Å². The average Bonchev–Trinajstić information content (AvgIpc) is 3.01. The van der Waals surface area contributed by atoms with Crippen LogP contribution in [-0.2, 0) is 0 Å². The van der Waals surface area contributed by atoms with Gasteiger partial charge >= 0.3 is 0 Å². The Bertz CT molecular complexity index is 239. The summed E-state index contributed by atoms with van der Waals surface area (Å²) in [5.74, 6) is 0. The zero-order valence-corrected chi connectivity index (χ0v) is 9.54. The molecular weight excluding hydrogens is 186 g/mol. The minimum atomic E-state index is 0.265. The Morgan fingerprint density at radius 3 is 2.80 bits per heavy atom. The lowest BCUT2D eigenvalue weighted by atomic mass is 9.85. The van der Waals surface area contributed by atoms with Crippen molar-refractivity contribution >= 4 is 0 Å². The number of hydrogen-bond acceptors (Lipinski definition) is 3. The van der Waals surface area contributed by atoms with Crippen molar-refractivity contribution in [1.29, 1.82) is 0 Å². The highest BCUT2D eigenvalue weighted by Gasteiger charge is 2.48. The van der Waals surface area contributed by atoms with Crippen LogP contribution in [-0.4, -0.2) is 42.2 Å². The molecule has 2 heterocycles. The molecule has 0 aromatic heterocycles. The van der Waals surface area contributed by atoms with Crippen LogP contribution in [0.1, 0.15) is 38.5 Å². The van der Waals surface area contributed by atoms with E-state index in [0.29, 0.717) is 0 Å². The van der Waals surface area contributed by atoms with E-state index < -0.39 is 0 Å². The summed E-state index contributed by atoms with van der Waals surface area (Å²) in [5, 5.41) is 3.85. The van der Waals surface area contributed by atoms with Crippen molar-refractivity contribution < 1.29 is 0 Å². The number of fused-ring (bicyclic) bond motifs is 1. The van der Waals surface area contributed by atoms with E-state index >= 15 is 0 Å². The van der Waals surface area contributed by atoms with Gasteiger partial charge in [-0.15, -0.1) is 0 Å². The van der Waals surface area contributed by atoms with Crippen LogP contribution in [0.3, 0.4) is 0 Å². The predicted molar refractivity (Wildman–Crippen MR) is 61.8 cm³/mol. The van der Waals surface area contributed by atoms with Crippen LogP contribution in [0.25, 0.3) is 0 Å². The molecule has 0 aromatic carbocycles. The van der Waals surface area contributed by atoms with Gasteiger partial charge in [0.2, 0.25) is 0 Å². The van der Waals surface area contributed by atoms with Crippen LogP contribution in [0.15, 0.2) is 0 Å². The number of rotatable bonds is 3. The predicted octanol–water partition coefficient (Wildman–Crippen LogP) is 0.694. The van der Waals surface area contributed by atoms with Crippen molar-refractivity contribution in [1.82, 2.24) is 10.2 Å². The number of nitrogens with one attached hydrogen (secondary N) is 1. The van der Waals surface area contributed by atoms with Gasteiger partial charge in [-0.2, -0.15) is 0 Å². The van der Waals surface area contributed by atoms with Crippen LogP contribution in [0.4, 0.5) is 0 Å². The van der Waals surface area contributed by atoms with Gasteiger partial charge in [0.05, 0.1) is 0 Å². The van der Waals surface area contributed by atoms with E-state index in [4.69, 9.17) is 5.73 Å². The average molecular weight is 209 g/mol. The summed E-state index contributed by atoms with van der Waals surface area (Å²) in [5.41, 5.74) is 6.33. The van der Waals surface area contributed by atoms with Crippen LogP contribution in [0.2, 0.25) is 0 Å². The Labute approximate surface area is 92.4 Å². The lowest BCUT2D eigenvalue weighted by molar-refractivity contribution is 0.139. The molecule has 0 aromatic rings. The fourth-order valence-corrected chi connectivity index (χ4v) is 3.49. The fourth-order valence-electron chi connectivity index (χ4n) is 3.49. The zero-order valence-electron chi connectivity index (χ0n) is 9.54. The first kappa shape index (κ1) is 10.1. The van der Waals surface area contributed by atoms with Crippen LogP contribution in [0, 0.1) is 0 Å². The Balaban J connectivity index is 1.75. The van der Waals surface area contributed by atoms with Crippen molar-refractivity contribution in [2.24, 2.45) is 5.73 Å². The molecule has 2 unspecified atom stereocenters. The summed E-state index contributed by atoms with van der Waals surface area (Å²) in [6.07, 6.45) is 8.15. The quantitative estimate of drug-likeness (QED) is 0.719. The Hall–Kier alpha value is -0.120. The molecule has 3 N–H and O–H groups in total. The van der Waals surface area contributed by atoms with Crippen LogP contribution in [0.5, 0.6) is 0 Å². The van der Waals surface area contributed by atoms with E-state index in [9.17, 15) is 0 Å². The highest BCUT2D eigenvalue weighted by atomic mass is 15.3. The third-order valence-electron chi connectivity index (χ3n) is 4.53. The summed E-state index contributed by atoms with van der Waals surface area (Å²) >= 11 is 0. The smallest absolute Gasteiger partial charge is 0.0475 e. The maximum absolute atomic E-state index is 6.06. The second-order valence-electron chi connectivity index (χ2n) is 5.58. The second kappa shape index (κ2) is 3.72. The molecule has 3 aliphatic rings. The highest BCUT2D eigenvalue weighted by molar-refractivity contribution is 5.09. The standard InChI is InChI=1S/C12H23N3/c13-9-12(14-10-4-5-10)6-8-15-7-2-1-3-11(12)15/h10-11,14H,1-9,13H2. The molecule has 2 atom stereocenters. The van der Waals surface area contributed by atoms with Gasteiger partial charge in [-0.3, -0.25) is 4.90 Å². The number of hydrogen-bond donors (Lipinski definition) is 2. The summed E-state index contributed by atoms with van der Waals surface area (Å²) in [6.45, 7) is 3.39. The van der Waals surface area contributed by atoms with Gasteiger partial charge in [0.25, 0.3) is 0 Å². The Kier molecular flexibility index (Phi) is 2.49. The first-order chi connectivity index (χ1) is 7.34. The summed E-state index contributed by atoms with van der Waals surface area (Å²) in [4.78, 5) is 2.67. The van der Waals surface area contributed by atoms with Crippen LogP contribution < -0.4 is 11.1 Å².